The lowest BCUT2D eigenvalue weighted by Crippen LogP contribution is -2.10. The molecule has 1 rings (SSSR count). The van der Waals surface area contributed by atoms with Crippen molar-refractivity contribution < 1.29 is 9.47 Å². The van der Waals surface area contributed by atoms with Crippen molar-refractivity contribution in [2.45, 2.75) is 0 Å². The zero-order valence-electron chi connectivity index (χ0n) is 6.03. The van der Waals surface area contributed by atoms with Crippen LogP contribution in [-0.2, 0) is 0 Å². The average molecular weight is 174 g/mol. The highest BCUT2D eigenvalue weighted by Crippen LogP contribution is 2.04. The summed E-state index contributed by atoms with van der Waals surface area (Å²) < 4.78 is 16.6. The quantitative estimate of drug-likeness (QED) is 0.627. The van der Waals surface area contributed by atoms with Gasteiger partial charge >= 0.3 is 5.43 Å². The van der Waals surface area contributed by atoms with Gasteiger partial charge in [-0.2, -0.15) is 0 Å². The van der Waals surface area contributed by atoms with E-state index in [1.807, 2.05) is 0 Å². The third-order valence-electron chi connectivity index (χ3n) is 1.02. The highest BCUT2D eigenvalue weighted by molar-refractivity contribution is 6.99. The maximum Gasteiger partial charge on any atom is 0.303 e. The molecule has 60 valence electrons. The van der Waals surface area contributed by atoms with Crippen LogP contribution >= 0.6 is 11.7 Å². The smallest absolute Gasteiger partial charge is 0.303 e. The summed E-state index contributed by atoms with van der Waals surface area (Å²) in [4.78, 5) is 11.1. The second-order valence-corrected chi connectivity index (χ2v) is 2.14. The van der Waals surface area contributed by atoms with E-state index in [0.29, 0.717) is 0 Å². The van der Waals surface area contributed by atoms with Crippen LogP contribution in [0.25, 0.3) is 0 Å². The minimum atomic E-state index is -0.422. The monoisotopic (exact) mass is 174 g/mol. The van der Waals surface area contributed by atoms with Crippen molar-refractivity contribution in [3.05, 3.63) is 10.2 Å². The summed E-state index contributed by atoms with van der Waals surface area (Å²) in [6.45, 7) is 0. The summed E-state index contributed by atoms with van der Waals surface area (Å²) in [5.74, 6) is 0.0312. The SMILES string of the molecule is COc1nsnc(OC)c1=O. The molecule has 0 aliphatic rings. The number of ether oxygens (including phenoxy) is 2. The fourth-order valence-electron chi connectivity index (χ4n) is 0.529. The highest BCUT2D eigenvalue weighted by Gasteiger charge is 2.07. The molecule has 1 aromatic heterocycles. The van der Waals surface area contributed by atoms with Gasteiger partial charge in [0.25, 0.3) is 11.8 Å². The zero-order valence-corrected chi connectivity index (χ0v) is 6.84. The van der Waals surface area contributed by atoms with Crippen LogP contribution in [0.4, 0.5) is 0 Å². The summed E-state index contributed by atoms with van der Waals surface area (Å²) in [6, 6.07) is 0. The van der Waals surface area contributed by atoms with E-state index in [-0.39, 0.29) is 11.8 Å². The number of hydrogen-bond donors (Lipinski definition) is 0. The molecule has 0 atom stereocenters. The summed E-state index contributed by atoms with van der Waals surface area (Å²) in [6.07, 6.45) is 0. The first-order valence-corrected chi connectivity index (χ1v) is 3.47. The van der Waals surface area contributed by atoms with Gasteiger partial charge in [-0.3, -0.25) is 4.79 Å². The number of methoxy groups -OCH3 is 2. The van der Waals surface area contributed by atoms with Gasteiger partial charge in [0.1, 0.15) is 0 Å². The third-order valence-corrected chi connectivity index (χ3v) is 1.52. The average Bonchev–Trinajstić information content (AvgIpc) is 2.05. The van der Waals surface area contributed by atoms with Gasteiger partial charge in [0.2, 0.25) is 0 Å². The largest absolute Gasteiger partial charge is 0.477 e. The molecule has 0 saturated heterocycles. The molecule has 1 aromatic rings. The molecule has 0 fully saturated rings. The number of nitrogens with zero attached hydrogens (tertiary/aromatic N) is 2. The Balaban J connectivity index is 3.21. The maximum atomic E-state index is 11.1. The Bertz CT molecular complexity index is 273. The lowest BCUT2D eigenvalue weighted by molar-refractivity contribution is 0.372. The van der Waals surface area contributed by atoms with E-state index in [9.17, 15) is 4.79 Å². The van der Waals surface area contributed by atoms with E-state index < -0.39 is 5.43 Å². The Labute approximate surface area is 66.9 Å². The minimum Gasteiger partial charge on any atom is -0.477 e. The molecule has 0 spiro atoms. The molecular formula is C5H6N2O3S. The van der Waals surface area contributed by atoms with E-state index in [4.69, 9.17) is 0 Å². The number of rotatable bonds is 2. The van der Waals surface area contributed by atoms with Crippen LogP contribution in [0.1, 0.15) is 0 Å². The van der Waals surface area contributed by atoms with Crippen LogP contribution in [0, 0.1) is 0 Å². The molecule has 0 unspecified atom stereocenters. The van der Waals surface area contributed by atoms with Gasteiger partial charge in [0, 0.05) is 0 Å². The van der Waals surface area contributed by atoms with Gasteiger partial charge in [-0.25, -0.2) is 0 Å². The van der Waals surface area contributed by atoms with Crippen molar-refractivity contribution in [1.29, 1.82) is 0 Å². The van der Waals surface area contributed by atoms with Crippen molar-refractivity contribution in [2.75, 3.05) is 14.2 Å². The second kappa shape index (κ2) is 3.29. The fourth-order valence-corrected chi connectivity index (χ4v) is 1.03. The van der Waals surface area contributed by atoms with Crippen LogP contribution in [-0.4, -0.2) is 23.0 Å². The molecular weight excluding hydrogens is 168 g/mol. The summed E-state index contributed by atoms with van der Waals surface area (Å²) in [7, 11) is 2.74. The van der Waals surface area contributed by atoms with Gasteiger partial charge < -0.3 is 9.47 Å². The van der Waals surface area contributed by atoms with E-state index in [2.05, 4.69) is 18.2 Å². The first-order chi connectivity index (χ1) is 5.29. The number of aromatic nitrogens is 2. The fraction of sp³-hybridized carbons (Fsp3) is 0.400. The Kier molecular flexibility index (Phi) is 2.37. The topological polar surface area (TPSA) is 61.3 Å². The summed E-state index contributed by atoms with van der Waals surface area (Å²) >= 11 is 0.869. The van der Waals surface area contributed by atoms with E-state index in [1.54, 1.807) is 0 Å². The van der Waals surface area contributed by atoms with Crippen molar-refractivity contribution in [3.8, 4) is 11.8 Å². The molecule has 0 N–H and O–H groups in total. The summed E-state index contributed by atoms with van der Waals surface area (Å²) in [5.41, 5.74) is -0.422. The van der Waals surface area contributed by atoms with Gasteiger partial charge in [-0.05, 0) is 0 Å². The Morgan fingerprint density at radius 2 is 1.64 bits per heavy atom. The van der Waals surface area contributed by atoms with Gasteiger partial charge in [-0.1, -0.05) is 0 Å². The predicted octanol–water partition coefficient (Wildman–Crippen LogP) is -0.0845. The molecule has 0 radical (unpaired) electrons. The molecule has 6 heteroatoms. The molecule has 11 heavy (non-hydrogen) atoms. The predicted molar refractivity (Wildman–Crippen MR) is 39.3 cm³/mol. The molecule has 5 nitrogen and oxygen atoms in total. The lowest BCUT2D eigenvalue weighted by Gasteiger charge is -1.96. The van der Waals surface area contributed by atoms with Gasteiger partial charge in [0.05, 0.1) is 25.9 Å². The molecule has 0 saturated carbocycles. The van der Waals surface area contributed by atoms with Crippen LogP contribution in [0.5, 0.6) is 11.8 Å². The Hall–Kier alpha value is -1.17. The molecule has 1 heterocycles. The minimum absolute atomic E-state index is 0.0156. The Morgan fingerprint density at radius 1 is 1.18 bits per heavy atom. The van der Waals surface area contributed by atoms with Crippen LogP contribution in [0.2, 0.25) is 0 Å². The Morgan fingerprint density at radius 3 is 2.00 bits per heavy atom. The van der Waals surface area contributed by atoms with Gasteiger partial charge in [0.15, 0.2) is 0 Å². The van der Waals surface area contributed by atoms with Crippen molar-refractivity contribution >= 4 is 11.7 Å². The lowest BCUT2D eigenvalue weighted by atomic mass is 10.6. The van der Waals surface area contributed by atoms with E-state index in [1.165, 1.54) is 14.2 Å². The van der Waals surface area contributed by atoms with E-state index in [0.717, 1.165) is 11.7 Å². The molecule has 0 aliphatic heterocycles. The molecule has 0 aliphatic carbocycles. The van der Waals surface area contributed by atoms with Crippen LogP contribution in [0.3, 0.4) is 0 Å². The standard InChI is InChI=1S/C5H6N2O3S/c1-9-4-3(8)5(10-2)7-11-6-4/h1-2H3. The maximum absolute atomic E-state index is 11.1. The summed E-state index contributed by atoms with van der Waals surface area (Å²) in [5, 5.41) is 0. The van der Waals surface area contributed by atoms with Crippen LogP contribution in [0.15, 0.2) is 4.79 Å². The molecule has 0 bridgehead atoms. The first-order valence-electron chi connectivity index (χ1n) is 2.74. The van der Waals surface area contributed by atoms with Crippen molar-refractivity contribution in [2.24, 2.45) is 0 Å². The van der Waals surface area contributed by atoms with Crippen LogP contribution < -0.4 is 14.9 Å². The first kappa shape index (κ1) is 7.93. The second-order valence-electron chi connectivity index (χ2n) is 1.61. The molecule has 0 aromatic carbocycles. The van der Waals surface area contributed by atoms with Crippen molar-refractivity contribution in [3.63, 3.8) is 0 Å². The van der Waals surface area contributed by atoms with E-state index >= 15 is 0 Å². The van der Waals surface area contributed by atoms with Crippen molar-refractivity contribution in [1.82, 2.24) is 8.75 Å². The highest BCUT2D eigenvalue weighted by atomic mass is 32.1. The van der Waals surface area contributed by atoms with Gasteiger partial charge in [-0.15, -0.1) is 8.75 Å². The zero-order chi connectivity index (χ0) is 8.27. The molecule has 0 amide bonds. The third kappa shape index (κ3) is 1.45. The normalized spacial score (nSPS) is 9.27. The number of hydrogen-bond acceptors (Lipinski definition) is 6.